The summed E-state index contributed by atoms with van der Waals surface area (Å²) in [5, 5.41) is 13.0. The van der Waals surface area contributed by atoms with Crippen molar-refractivity contribution in [1.82, 2.24) is 5.32 Å². The third kappa shape index (κ3) is 3.46. The standard InChI is InChI=1S/C13H27NO/c1-9(2)12(8-15)14-13-10(3)6-5-7-11(13)4/h9-15H,5-8H2,1-4H3/t10?,11?,12-,13?/m1/s1. The molecule has 15 heavy (non-hydrogen) atoms. The summed E-state index contributed by atoms with van der Waals surface area (Å²) >= 11 is 0. The minimum absolute atomic E-state index is 0.258. The number of hydrogen-bond donors (Lipinski definition) is 2. The molecule has 0 radical (unpaired) electrons. The van der Waals surface area contributed by atoms with Gasteiger partial charge in [-0.3, -0.25) is 0 Å². The summed E-state index contributed by atoms with van der Waals surface area (Å²) in [7, 11) is 0. The van der Waals surface area contributed by atoms with E-state index in [1.807, 2.05) is 0 Å². The van der Waals surface area contributed by atoms with Crippen LogP contribution in [0.1, 0.15) is 47.0 Å². The van der Waals surface area contributed by atoms with Crippen molar-refractivity contribution < 1.29 is 5.11 Å². The van der Waals surface area contributed by atoms with E-state index in [2.05, 4.69) is 33.0 Å². The van der Waals surface area contributed by atoms with Gasteiger partial charge >= 0.3 is 0 Å². The van der Waals surface area contributed by atoms with E-state index >= 15 is 0 Å². The van der Waals surface area contributed by atoms with Crippen LogP contribution in [0.3, 0.4) is 0 Å². The van der Waals surface area contributed by atoms with E-state index in [4.69, 9.17) is 0 Å². The van der Waals surface area contributed by atoms with Gasteiger partial charge in [-0.15, -0.1) is 0 Å². The number of hydrogen-bond acceptors (Lipinski definition) is 2. The van der Waals surface area contributed by atoms with Gasteiger partial charge in [0.05, 0.1) is 6.61 Å². The lowest BCUT2D eigenvalue weighted by molar-refractivity contribution is 0.141. The molecule has 0 saturated heterocycles. The first-order valence-corrected chi connectivity index (χ1v) is 6.43. The predicted octanol–water partition coefficient (Wildman–Crippen LogP) is 2.42. The topological polar surface area (TPSA) is 32.3 Å². The van der Waals surface area contributed by atoms with E-state index in [-0.39, 0.29) is 12.6 Å². The second-order valence-electron chi connectivity index (χ2n) is 5.61. The molecule has 0 heterocycles. The second-order valence-corrected chi connectivity index (χ2v) is 5.61. The Morgan fingerprint density at radius 1 is 1.20 bits per heavy atom. The molecule has 0 aliphatic heterocycles. The Morgan fingerprint density at radius 2 is 1.73 bits per heavy atom. The van der Waals surface area contributed by atoms with Crippen LogP contribution in [-0.4, -0.2) is 23.8 Å². The Balaban J connectivity index is 2.53. The summed E-state index contributed by atoms with van der Waals surface area (Å²) < 4.78 is 0. The quantitative estimate of drug-likeness (QED) is 0.751. The molecule has 0 aromatic rings. The van der Waals surface area contributed by atoms with Crippen LogP contribution in [0.15, 0.2) is 0 Å². The minimum atomic E-state index is 0.258. The fourth-order valence-electron chi connectivity index (χ4n) is 2.71. The highest BCUT2D eigenvalue weighted by atomic mass is 16.3. The highest BCUT2D eigenvalue weighted by molar-refractivity contribution is 4.86. The molecule has 0 amide bonds. The van der Waals surface area contributed by atoms with E-state index in [9.17, 15) is 5.11 Å². The van der Waals surface area contributed by atoms with Crippen LogP contribution in [0.4, 0.5) is 0 Å². The molecule has 0 aromatic heterocycles. The van der Waals surface area contributed by atoms with Gasteiger partial charge in [-0.25, -0.2) is 0 Å². The fraction of sp³-hybridized carbons (Fsp3) is 1.00. The Kier molecular flexibility index (Phi) is 5.07. The monoisotopic (exact) mass is 213 g/mol. The fourth-order valence-corrected chi connectivity index (χ4v) is 2.71. The smallest absolute Gasteiger partial charge is 0.0587 e. The lowest BCUT2D eigenvalue weighted by atomic mass is 9.78. The van der Waals surface area contributed by atoms with Crippen LogP contribution < -0.4 is 5.32 Å². The summed E-state index contributed by atoms with van der Waals surface area (Å²) in [6.45, 7) is 9.27. The average molecular weight is 213 g/mol. The maximum absolute atomic E-state index is 9.34. The minimum Gasteiger partial charge on any atom is -0.395 e. The van der Waals surface area contributed by atoms with Crippen molar-refractivity contribution in [3.63, 3.8) is 0 Å². The van der Waals surface area contributed by atoms with Gasteiger partial charge < -0.3 is 10.4 Å². The Morgan fingerprint density at radius 3 is 2.13 bits per heavy atom. The molecule has 1 aliphatic carbocycles. The van der Waals surface area contributed by atoms with Gasteiger partial charge in [-0.05, 0) is 30.6 Å². The van der Waals surface area contributed by atoms with Gasteiger partial charge in [0.25, 0.3) is 0 Å². The highest BCUT2D eigenvalue weighted by Gasteiger charge is 2.29. The molecule has 1 rings (SSSR count). The summed E-state index contributed by atoms with van der Waals surface area (Å²) in [5.41, 5.74) is 0. The van der Waals surface area contributed by atoms with Crippen LogP contribution >= 0.6 is 0 Å². The van der Waals surface area contributed by atoms with E-state index < -0.39 is 0 Å². The first kappa shape index (κ1) is 13.0. The average Bonchev–Trinajstić information content (AvgIpc) is 2.17. The van der Waals surface area contributed by atoms with E-state index in [1.165, 1.54) is 19.3 Å². The molecule has 1 fully saturated rings. The Bertz CT molecular complexity index is 171. The van der Waals surface area contributed by atoms with Crippen molar-refractivity contribution >= 4 is 0 Å². The third-order valence-corrected chi connectivity index (χ3v) is 3.95. The van der Waals surface area contributed by atoms with Gasteiger partial charge in [0.2, 0.25) is 0 Å². The van der Waals surface area contributed by atoms with Crippen LogP contribution in [0.25, 0.3) is 0 Å². The van der Waals surface area contributed by atoms with Crippen molar-refractivity contribution in [2.24, 2.45) is 17.8 Å². The van der Waals surface area contributed by atoms with Gasteiger partial charge in [0.1, 0.15) is 0 Å². The van der Waals surface area contributed by atoms with Gasteiger partial charge in [-0.1, -0.05) is 34.1 Å². The number of aliphatic hydroxyl groups excluding tert-OH is 1. The van der Waals surface area contributed by atoms with Crippen molar-refractivity contribution in [3.05, 3.63) is 0 Å². The maximum atomic E-state index is 9.34. The van der Waals surface area contributed by atoms with Crippen molar-refractivity contribution in [2.45, 2.75) is 59.0 Å². The Labute approximate surface area is 94.5 Å². The summed E-state index contributed by atoms with van der Waals surface area (Å²) in [5.74, 6) is 2.01. The predicted molar refractivity (Wildman–Crippen MR) is 64.8 cm³/mol. The zero-order valence-corrected chi connectivity index (χ0v) is 10.7. The highest BCUT2D eigenvalue weighted by Crippen LogP contribution is 2.29. The van der Waals surface area contributed by atoms with E-state index in [0.717, 1.165) is 11.8 Å². The molecule has 90 valence electrons. The molecule has 0 aromatic carbocycles. The lowest BCUT2D eigenvalue weighted by Crippen LogP contribution is -2.50. The van der Waals surface area contributed by atoms with Crippen LogP contribution in [0.5, 0.6) is 0 Å². The van der Waals surface area contributed by atoms with E-state index in [0.29, 0.717) is 12.0 Å². The van der Waals surface area contributed by atoms with Crippen molar-refractivity contribution in [3.8, 4) is 0 Å². The second kappa shape index (κ2) is 5.86. The van der Waals surface area contributed by atoms with Crippen LogP contribution in [0.2, 0.25) is 0 Å². The summed E-state index contributed by atoms with van der Waals surface area (Å²) in [6, 6.07) is 0.858. The van der Waals surface area contributed by atoms with Crippen LogP contribution in [0, 0.1) is 17.8 Å². The SMILES string of the molecule is CC1CCCC(C)C1N[C@H](CO)C(C)C. The molecule has 3 atom stereocenters. The lowest BCUT2D eigenvalue weighted by Gasteiger charge is -2.38. The molecule has 2 N–H and O–H groups in total. The van der Waals surface area contributed by atoms with Gasteiger partial charge in [0, 0.05) is 12.1 Å². The summed E-state index contributed by atoms with van der Waals surface area (Å²) in [4.78, 5) is 0. The molecule has 2 heteroatoms. The van der Waals surface area contributed by atoms with E-state index in [1.54, 1.807) is 0 Å². The zero-order chi connectivity index (χ0) is 11.4. The first-order valence-electron chi connectivity index (χ1n) is 6.43. The maximum Gasteiger partial charge on any atom is 0.0587 e. The molecular weight excluding hydrogens is 186 g/mol. The normalized spacial score (nSPS) is 34.4. The molecular formula is C13H27NO. The summed E-state index contributed by atoms with van der Waals surface area (Å²) in [6.07, 6.45) is 4.03. The first-order chi connectivity index (χ1) is 7.06. The molecule has 2 nitrogen and oxygen atoms in total. The zero-order valence-electron chi connectivity index (χ0n) is 10.7. The molecule has 0 spiro atoms. The van der Waals surface area contributed by atoms with Crippen molar-refractivity contribution in [2.75, 3.05) is 6.61 Å². The molecule has 0 bridgehead atoms. The van der Waals surface area contributed by atoms with Crippen molar-refractivity contribution in [1.29, 1.82) is 0 Å². The van der Waals surface area contributed by atoms with Gasteiger partial charge in [-0.2, -0.15) is 0 Å². The largest absolute Gasteiger partial charge is 0.395 e. The van der Waals surface area contributed by atoms with Gasteiger partial charge in [0.15, 0.2) is 0 Å². The molecule has 1 saturated carbocycles. The Hall–Kier alpha value is -0.0800. The number of aliphatic hydroxyl groups is 1. The molecule has 2 unspecified atom stereocenters. The number of nitrogens with one attached hydrogen (secondary N) is 1. The number of rotatable bonds is 4. The third-order valence-electron chi connectivity index (χ3n) is 3.95. The molecule has 1 aliphatic rings. The van der Waals surface area contributed by atoms with Crippen LogP contribution in [-0.2, 0) is 0 Å².